The molecule has 0 atom stereocenters. The van der Waals surface area contributed by atoms with Gasteiger partial charge in [0.25, 0.3) is 0 Å². The van der Waals surface area contributed by atoms with Gasteiger partial charge in [0.15, 0.2) is 0 Å². The minimum absolute atomic E-state index is 0.497. The van der Waals surface area contributed by atoms with E-state index < -0.39 is 11.7 Å². The number of carbonyl (C=O) groups excluding carboxylic acids is 1. The van der Waals surface area contributed by atoms with E-state index in [1.54, 1.807) is 18.2 Å². The molecule has 8 heteroatoms. The number of nitrogens with two attached hydrogens (primary N) is 1. The van der Waals surface area contributed by atoms with Crippen molar-refractivity contribution in [3.8, 4) is 0 Å². The number of carbonyl (C=O) groups is 1. The Morgan fingerprint density at radius 3 is 2.83 bits per heavy atom. The second-order valence-electron chi connectivity index (χ2n) is 6.39. The molecule has 1 aromatic carbocycles. The molecular formula is C16H24N6O2. The Morgan fingerprint density at radius 2 is 2.17 bits per heavy atom. The summed E-state index contributed by atoms with van der Waals surface area (Å²) in [5.41, 5.74) is 7.42. The van der Waals surface area contributed by atoms with Crippen molar-refractivity contribution in [3.63, 3.8) is 0 Å². The number of aryl methyl sites for hydroxylation is 1. The fourth-order valence-electron chi connectivity index (χ4n) is 2.04. The first-order valence-electron chi connectivity index (χ1n) is 7.81. The third kappa shape index (κ3) is 5.79. The van der Waals surface area contributed by atoms with Crippen molar-refractivity contribution in [2.24, 2.45) is 0 Å². The number of rotatable bonds is 6. The molecule has 0 unspecified atom stereocenters. The first kappa shape index (κ1) is 17.6. The van der Waals surface area contributed by atoms with Gasteiger partial charge in [-0.15, -0.1) is 0 Å². The van der Waals surface area contributed by atoms with E-state index in [1.807, 2.05) is 20.8 Å². The number of hydrogen-bond donors (Lipinski definition) is 4. The van der Waals surface area contributed by atoms with Gasteiger partial charge in [0.2, 0.25) is 0 Å². The Morgan fingerprint density at radius 1 is 1.38 bits per heavy atom. The van der Waals surface area contributed by atoms with Gasteiger partial charge in [-0.2, -0.15) is 5.10 Å². The van der Waals surface area contributed by atoms with Crippen LogP contribution in [0.1, 0.15) is 33.0 Å². The zero-order chi connectivity index (χ0) is 17.6. The molecule has 0 bridgehead atoms. The number of nitrogens with zero attached hydrogens (tertiary/aromatic N) is 2. The number of anilines is 3. The predicted molar refractivity (Wildman–Crippen MR) is 93.9 cm³/mol. The smallest absolute Gasteiger partial charge is 0.412 e. The molecule has 0 radical (unpaired) electrons. The van der Waals surface area contributed by atoms with E-state index in [9.17, 15) is 4.79 Å². The minimum atomic E-state index is -0.542. The van der Waals surface area contributed by atoms with Crippen molar-refractivity contribution in [3.05, 3.63) is 30.4 Å². The van der Waals surface area contributed by atoms with Crippen molar-refractivity contribution in [2.45, 2.75) is 39.2 Å². The zero-order valence-corrected chi connectivity index (χ0v) is 14.2. The highest BCUT2D eigenvalue weighted by molar-refractivity contribution is 5.87. The highest BCUT2D eigenvalue weighted by Gasteiger charge is 2.16. The van der Waals surface area contributed by atoms with Gasteiger partial charge in [-0.3, -0.25) is 10.4 Å². The molecule has 130 valence electrons. The summed E-state index contributed by atoms with van der Waals surface area (Å²) in [5, 5.41) is 12.6. The van der Waals surface area contributed by atoms with E-state index in [1.165, 1.54) is 6.33 Å². The number of aromatic amines is 1. The number of aromatic nitrogens is 3. The molecule has 1 heterocycles. The van der Waals surface area contributed by atoms with Crippen LogP contribution in [0.4, 0.5) is 21.9 Å². The molecule has 5 N–H and O–H groups in total. The molecule has 0 saturated carbocycles. The molecule has 8 nitrogen and oxygen atoms in total. The molecule has 0 saturated heterocycles. The summed E-state index contributed by atoms with van der Waals surface area (Å²) in [4.78, 5) is 15.9. The molecule has 1 aromatic heterocycles. The molecule has 0 fully saturated rings. The number of nitrogens with one attached hydrogen (secondary N) is 3. The fraction of sp³-hybridized carbons (Fsp3) is 0.438. The molecule has 0 spiro atoms. The number of amides is 1. The zero-order valence-electron chi connectivity index (χ0n) is 14.2. The summed E-state index contributed by atoms with van der Waals surface area (Å²) in [5.74, 6) is 0.852. The maximum atomic E-state index is 11.8. The first-order chi connectivity index (χ1) is 11.3. The molecule has 24 heavy (non-hydrogen) atoms. The van der Waals surface area contributed by atoms with Crippen LogP contribution in [0, 0.1) is 0 Å². The monoisotopic (exact) mass is 332 g/mol. The summed E-state index contributed by atoms with van der Waals surface area (Å²) in [7, 11) is 0. The van der Waals surface area contributed by atoms with Crippen molar-refractivity contribution in [2.75, 3.05) is 22.9 Å². The van der Waals surface area contributed by atoms with Crippen LogP contribution in [0.25, 0.3) is 0 Å². The first-order valence-corrected chi connectivity index (χ1v) is 7.81. The Balaban J connectivity index is 1.87. The van der Waals surface area contributed by atoms with Crippen LogP contribution in [-0.2, 0) is 11.2 Å². The highest BCUT2D eigenvalue weighted by atomic mass is 16.6. The van der Waals surface area contributed by atoms with Gasteiger partial charge in [-0.1, -0.05) is 0 Å². The number of ether oxygens (including phenoxy) is 1. The Bertz CT molecular complexity index is 664. The second kappa shape index (κ2) is 7.67. The average molecular weight is 332 g/mol. The Hall–Kier alpha value is -2.77. The van der Waals surface area contributed by atoms with E-state index in [0.29, 0.717) is 11.4 Å². The largest absolute Gasteiger partial charge is 0.444 e. The van der Waals surface area contributed by atoms with Gasteiger partial charge in [0.1, 0.15) is 17.8 Å². The number of H-pyrrole nitrogens is 1. The fourth-order valence-corrected chi connectivity index (χ4v) is 2.04. The van der Waals surface area contributed by atoms with Gasteiger partial charge in [0, 0.05) is 18.7 Å². The van der Waals surface area contributed by atoms with E-state index in [0.717, 1.165) is 30.9 Å². The number of nitrogen functional groups attached to an aromatic ring is 1. The average Bonchev–Trinajstić information content (AvgIpc) is 2.98. The lowest BCUT2D eigenvalue weighted by molar-refractivity contribution is 0.0636. The van der Waals surface area contributed by atoms with E-state index in [4.69, 9.17) is 10.5 Å². The lowest BCUT2D eigenvalue weighted by atomic mass is 10.2. The van der Waals surface area contributed by atoms with E-state index >= 15 is 0 Å². The molecule has 2 aromatic rings. The summed E-state index contributed by atoms with van der Waals surface area (Å²) < 4.78 is 5.23. The van der Waals surface area contributed by atoms with Crippen LogP contribution < -0.4 is 16.4 Å². The molecule has 0 aliphatic rings. The van der Waals surface area contributed by atoms with Crippen LogP contribution >= 0.6 is 0 Å². The predicted octanol–water partition coefficient (Wildman–Crippen LogP) is 2.78. The van der Waals surface area contributed by atoms with Gasteiger partial charge in [-0.25, -0.2) is 9.78 Å². The lowest BCUT2D eigenvalue weighted by Crippen LogP contribution is -2.27. The quantitative estimate of drug-likeness (QED) is 0.477. The summed E-state index contributed by atoms with van der Waals surface area (Å²) in [6.45, 7) is 6.17. The maximum absolute atomic E-state index is 11.8. The Kier molecular flexibility index (Phi) is 5.62. The summed E-state index contributed by atoms with van der Waals surface area (Å²) in [6.07, 6.45) is 2.66. The van der Waals surface area contributed by atoms with Crippen LogP contribution in [0.15, 0.2) is 24.5 Å². The lowest BCUT2D eigenvalue weighted by Gasteiger charge is -2.20. The van der Waals surface area contributed by atoms with Crippen LogP contribution in [0.3, 0.4) is 0 Å². The van der Waals surface area contributed by atoms with Crippen LogP contribution in [-0.4, -0.2) is 33.4 Å². The van der Waals surface area contributed by atoms with Gasteiger partial charge in [-0.05, 0) is 45.4 Å². The maximum Gasteiger partial charge on any atom is 0.412 e. The third-order valence-corrected chi connectivity index (χ3v) is 3.07. The SMILES string of the molecule is CC(C)(C)OC(=O)Nc1ccc(N)c(NCCCc2ncn[nH]2)c1. The molecule has 2 rings (SSSR count). The van der Waals surface area contributed by atoms with Crippen LogP contribution in [0.2, 0.25) is 0 Å². The Labute approximate surface area is 141 Å². The molecule has 0 aliphatic heterocycles. The molecular weight excluding hydrogens is 308 g/mol. The van der Waals surface area contributed by atoms with Crippen LogP contribution in [0.5, 0.6) is 0 Å². The highest BCUT2D eigenvalue weighted by Crippen LogP contribution is 2.23. The minimum Gasteiger partial charge on any atom is -0.444 e. The van der Waals surface area contributed by atoms with Crippen molar-refractivity contribution >= 4 is 23.2 Å². The summed E-state index contributed by atoms with van der Waals surface area (Å²) in [6, 6.07) is 5.26. The number of benzene rings is 1. The normalized spacial score (nSPS) is 11.1. The van der Waals surface area contributed by atoms with Gasteiger partial charge < -0.3 is 15.8 Å². The van der Waals surface area contributed by atoms with Gasteiger partial charge >= 0.3 is 6.09 Å². The van der Waals surface area contributed by atoms with Crippen molar-refractivity contribution < 1.29 is 9.53 Å². The molecule has 0 aliphatic carbocycles. The third-order valence-electron chi connectivity index (χ3n) is 3.07. The standard InChI is InChI=1S/C16H24N6O2/c1-16(2,3)24-15(23)21-11-6-7-12(17)13(9-11)18-8-4-5-14-19-10-20-22-14/h6-7,9-10,18H,4-5,8,17H2,1-3H3,(H,21,23)(H,19,20,22). The van der Waals surface area contributed by atoms with Crippen molar-refractivity contribution in [1.29, 1.82) is 0 Å². The number of hydrogen-bond acceptors (Lipinski definition) is 6. The summed E-state index contributed by atoms with van der Waals surface area (Å²) >= 11 is 0. The van der Waals surface area contributed by atoms with E-state index in [-0.39, 0.29) is 0 Å². The van der Waals surface area contributed by atoms with E-state index in [2.05, 4.69) is 25.8 Å². The molecule has 1 amide bonds. The van der Waals surface area contributed by atoms with Gasteiger partial charge in [0.05, 0.1) is 11.4 Å². The second-order valence-corrected chi connectivity index (χ2v) is 6.39. The topological polar surface area (TPSA) is 118 Å². The van der Waals surface area contributed by atoms with Crippen molar-refractivity contribution in [1.82, 2.24) is 15.2 Å².